The summed E-state index contributed by atoms with van der Waals surface area (Å²) in [5.74, 6) is 0.766. The first-order valence-corrected chi connectivity index (χ1v) is 3.74. The van der Waals surface area contributed by atoms with Gasteiger partial charge in [0.15, 0.2) is 0 Å². The van der Waals surface area contributed by atoms with E-state index in [-0.39, 0.29) is 0 Å². The van der Waals surface area contributed by atoms with Gasteiger partial charge in [-0.2, -0.15) is 0 Å². The minimum absolute atomic E-state index is 0.514. The number of nitrogens with two attached hydrogens (primary N) is 1. The van der Waals surface area contributed by atoms with E-state index in [0.29, 0.717) is 6.54 Å². The van der Waals surface area contributed by atoms with E-state index in [1.165, 1.54) is 0 Å². The molecule has 0 aliphatic carbocycles. The molecule has 3 nitrogen and oxygen atoms in total. The fourth-order valence-electron chi connectivity index (χ4n) is 0.880. The van der Waals surface area contributed by atoms with Gasteiger partial charge in [-0.25, -0.2) is 0 Å². The van der Waals surface area contributed by atoms with Crippen LogP contribution in [0.5, 0.6) is 5.75 Å². The van der Waals surface area contributed by atoms with E-state index in [1.54, 1.807) is 13.3 Å². The number of methoxy groups -OCH3 is 1. The number of hydrogen-bond acceptors (Lipinski definition) is 3. The molecule has 0 aliphatic heterocycles. The smallest absolute Gasteiger partial charge is 0.144 e. The van der Waals surface area contributed by atoms with Crippen molar-refractivity contribution in [2.24, 2.45) is 5.73 Å². The lowest BCUT2D eigenvalue weighted by molar-refractivity contribution is 0.412. The Morgan fingerprint density at radius 2 is 2.50 bits per heavy atom. The van der Waals surface area contributed by atoms with Crippen LogP contribution in [-0.4, -0.2) is 18.6 Å². The van der Waals surface area contributed by atoms with E-state index in [2.05, 4.69) is 4.98 Å². The molecule has 0 spiro atoms. The third kappa shape index (κ3) is 2.07. The van der Waals surface area contributed by atoms with E-state index in [1.807, 2.05) is 24.3 Å². The van der Waals surface area contributed by atoms with Gasteiger partial charge in [-0.05, 0) is 18.2 Å². The average Bonchev–Trinajstić information content (AvgIpc) is 2.15. The molecule has 0 unspecified atom stereocenters. The highest BCUT2D eigenvalue weighted by Gasteiger charge is 1.96. The van der Waals surface area contributed by atoms with Gasteiger partial charge in [-0.15, -0.1) is 0 Å². The summed E-state index contributed by atoms with van der Waals surface area (Å²) < 4.78 is 5.09. The van der Waals surface area contributed by atoms with Crippen LogP contribution in [0.2, 0.25) is 0 Å². The van der Waals surface area contributed by atoms with Crippen LogP contribution in [0.3, 0.4) is 0 Å². The van der Waals surface area contributed by atoms with E-state index in [4.69, 9.17) is 10.5 Å². The minimum Gasteiger partial charge on any atom is -0.494 e. The molecule has 12 heavy (non-hydrogen) atoms. The monoisotopic (exact) mass is 164 g/mol. The Kier molecular flexibility index (Phi) is 3.29. The molecule has 64 valence electrons. The predicted octanol–water partition coefficient (Wildman–Crippen LogP) is 1.06. The van der Waals surface area contributed by atoms with Crippen molar-refractivity contribution >= 4 is 6.08 Å². The first kappa shape index (κ1) is 8.74. The van der Waals surface area contributed by atoms with Crippen molar-refractivity contribution in [2.75, 3.05) is 13.7 Å². The van der Waals surface area contributed by atoms with Gasteiger partial charge in [0.25, 0.3) is 0 Å². The van der Waals surface area contributed by atoms with Gasteiger partial charge in [0, 0.05) is 12.7 Å². The molecular formula is C9H12N2O. The Bertz CT molecular complexity index is 271. The molecule has 1 heterocycles. The lowest BCUT2D eigenvalue weighted by atomic mass is 10.3. The average molecular weight is 164 g/mol. The van der Waals surface area contributed by atoms with Crippen LogP contribution in [0, 0.1) is 0 Å². The van der Waals surface area contributed by atoms with Crippen LogP contribution in [0.25, 0.3) is 6.08 Å². The Morgan fingerprint density at radius 1 is 1.67 bits per heavy atom. The summed E-state index contributed by atoms with van der Waals surface area (Å²) in [7, 11) is 1.62. The summed E-state index contributed by atoms with van der Waals surface area (Å²) in [6.45, 7) is 0.514. The first-order valence-electron chi connectivity index (χ1n) is 3.74. The molecule has 2 N–H and O–H groups in total. The molecule has 1 aromatic heterocycles. The predicted molar refractivity (Wildman–Crippen MR) is 48.9 cm³/mol. The maximum absolute atomic E-state index is 5.31. The lowest BCUT2D eigenvalue weighted by Crippen LogP contribution is -1.93. The third-order valence-electron chi connectivity index (χ3n) is 1.43. The van der Waals surface area contributed by atoms with Crippen LogP contribution in [-0.2, 0) is 0 Å². The second-order valence-electron chi connectivity index (χ2n) is 2.23. The van der Waals surface area contributed by atoms with E-state index in [0.717, 1.165) is 11.4 Å². The molecule has 0 fully saturated rings. The van der Waals surface area contributed by atoms with Crippen LogP contribution in [0.4, 0.5) is 0 Å². The fourth-order valence-corrected chi connectivity index (χ4v) is 0.880. The molecule has 0 saturated heterocycles. The number of ether oxygens (including phenoxy) is 1. The molecule has 0 bridgehead atoms. The molecular weight excluding hydrogens is 152 g/mol. The molecule has 0 aromatic carbocycles. The van der Waals surface area contributed by atoms with Crippen molar-refractivity contribution in [3.63, 3.8) is 0 Å². The number of hydrogen-bond donors (Lipinski definition) is 1. The highest BCUT2D eigenvalue weighted by atomic mass is 16.5. The standard InChI is InChI=1S/C9H12N2O/c1-12-9-5-3-7-11-8(9)4-2-6-10/h2-5,7H,6,10H2,1H3. The molecule has 0 radical (unpaired) electrons. The zero-order chi connectivity index (χ0) is 8.81. The van der Waals surface area contributed by atoms with E-state index in [9.17, 15) is 0 Å². The van der Waals surface area contributed by atoms with Crippen molar-refractivity contribution in [3.8, 4) is 5.75 Å². The zero-order valence-corrected chi connectivity index (χ0v) is 7.03. The Hall–Kier alpha value is -1.35. The van der Waals surface area contributed by atoms with Gasteiger partial charge in [-0.1, -0.05) is 6.08 Å². The van der Waals surface area contributed by atoms with Crippen LogP contribution in [0.1, 0.15) is 5.69 Å². The molecule has 0 saturated carbocycles. The van der Waals surface area contributed by atoms with Gasteiger partial charge in [0.1, 0.15) is 11.4 Å². The topological polar surface area (TPSA) is 48.1 Å². The largest absolute Gasteiger partial charge is 0.494 e. The lowest BCUT2D eigenvalue weighted by Gasteiger charge is -2.01. The second kappa shape index (κ2) is 4.51. The molecule has 1 rings (SSSR count). The van der Waals surface area contributed by atoms with Crippen molar-refractivity contribution in [1.29, 1.82) is 0 Å². The number of rotatable bonds is 3. The van der Waals surface area contributed by atoms with E-state index >= 15 is 0 Å². The van der Waals surface area contributed by atoms with Gasteiger partial charge in [0.05, 0.1) is 7.11 Å². The Labute approximate surface area is 71.9 Å². The number of nitrogens with zero attached hydrogens (tertiary/aromatic N) is 1. The molecule has 0 amide bonds. The highest BCUT2D eigenvalue weighted by Crippen LogP contribution is 2.15. The summed E-state index contributed by atoms with van der Waals surface area (Å²) in [5, 5.41) is 0. The summed E-state index contributed by atoms with van der Waals surface area (Å²) in [6, 6.07) is 3.70. The maximum Gasteiger partial charge on any atom is 0.144 e. The van der Waals surface area contributed by atoms with Crippen molar-refractivity contribution in [3.05, 3.63) is 30.1 Å². The van der Waals surface area contributed by atoms with Gasteiger partial charge < -0.3 is 10.5 Å². The zero-order valence-electron chi connectivity index (χ0n) is 7.03. The molecule has 1 aromatic rings. The second-order valence-corrected chi connectivity index (χ2v) is 2.23. The molecule has 3 heteroatoms. The van der Waals surface area contributed by atoms with Crippen LogP contribution >= 0.6 is 0 Å². The summed E-state index contributed by atoms with van der Waals surface area (Å²) in [6.07, 6.45) is 5.41. The Morgan fingerprint density at radius 3 is 3.17 bits per heavy atom. The van der Waals surface area contributed by atoms with Crippen molar-refractivity contribution < 1.29 is 4.74 Å². The minimum atomic E-state index is 0.514. The normalized spacial score (nSPS) is 10.5. The van der Waals surface area contributed by atoms with Crippen LogP contribution in [0.15, 0.2) is 24.4 Å². The number of pyridine rings is 1. The number of aromatic nitrogens is 1. The van der Waals surface area contributed by atoms with Crippen molar-refractivity contribution in [1.82, 2.24) is 4.98 Å². The summed E-state index contributed by atoms with van der Waals surface area (Å²) in [4.78, 5) is 4.12. The SMILES string of the molecule is COc1cccnc1C=CCN. The summed E-state index contributed by atoms with van der Waals surface area (Å²) >= 11 is 0. The van der Waals surface area contributed by atoms with Gasteiger partial charge in [0.2, 0.25) is 0 Å². The molecule has 0 aliphatic rings. The third-order valence-corrected chi connectivity index (χ3v) is 1.43. The van der Waals surface area contributed by atoms with Gasteiger partial charge in [-0.3, -0.25) is 4.98 Å². The van der Waals surface area contributed by atoms with E-state index < -0.39 is 0 Å². The highest BCUT2D eigenvalue weighted by molar-refractivity contribution is 5.52. The maximum atomic E-state index is 5.31. The van der Waals surface area contributed by atoms with Crippen molar-refractivity contribution in [2.45, 2.75) is 0 Å². The summed E-state index contributed by atoms with van der Waals surface area (Å²) in [5.41, 5.74) is 6.12. The molecule has 0 atom stereocenters. The van der Waals surface area contributed by atoms with Crippen LogP contribution < -0.4 is 10.5 Å². The quantitative estimate of drug-likeness (QED) is 0.726. The Balaban J connectivity index is 2.89. The fraction of sp³-hybridized carbons (Fsp3) is 0.222. The van der Waals surface area contributed by atoms with Gasteiger partial charge >= 0.3 is 0 Å². The first-order chi connectivity index (χ1) is 5.88.